The Morgan fingerprint density at radius 3 is 2.41 bits per heavy atom. The van der Waals surface area contributed by atoms with Crippen LogP contribution in [-0.2, 0) is 20.9 Å². The second-order valence-corrected chi connectivity index (χ2v) is 9.14. The van der Waals surface area contributed by atoms with E-state index in [1.54, 1.807) is 0 Å². The lowest BCUT2D eigenvalue weighted by atomic mass is 9.49. The highest BCUT2D eigenvalue weighted by molar-refractivity contribution is 5.83. The van der Waals surface area contributed by atoms with Gasteiger partial charge in [-0.25, -0.2) is 4.39 Å². The Morgan fingerprint density at radius 1 is 1.17 bits per heavy atom. The van der Waals surface area contributed by atoms with Gasteiger partial charge in [-0.1, -0.05) is 6.07 Å². The summed E-state index contributed by atoms with van der Waals surface area (Å²) in [5.74, 6) is 1.38. The highest BCUT2D eigenvalue weighted by Crippen LogP contribution is 2.60. The second kappa shape index (κ2) is 8.14. The lowest BCUT2D eigenvalue weighted by Crippen LogP contribution is -2.53. The highest BCUT2D eigenvalue weighted by Gasteiger charge is 2.54. The van der Waals surface area contributed by atoms with E-state index in [9.17, 15) is 14.0 Å². The molecule has 0 aliphatic heterocycles. The number of hydrogen-bond donors (Lipinski definition) is 1. The van der Waals surface area contributed by atoms with E-state index in [4.69, 9.17) is 10.00 Å². The SMILES string of the molecule is N#Cc1ccc(COC(=O)CCCNC(=O)C23CC4CC(CC(C4)C2)C3)c(F)c1. The van der Waals surface area contributed by atoms with Crippen LogP contribution < -0.4 is 5.32 Å². The number of nitrogens with one attached hydrogen (secondary N) is 1. The van der Waals surface area contributed by atoms with Crippen LogP contribution >= 0.6 is 0 Å². The van der Waals surface area contributed by atoms with Crippen molar-refractivity contribution in [2.24, 2.45) is 23.2 Å². The Hall–Kier alpha value is -2.42. The van der Waals surface area contributed by atoms with Gasteiger partial charge in [-0.3, -0.25) is 9.59 Å². The second-order valence-electron chi connectivity index (χ2n) is 9.14. The Labute approximate surface area is 170 Å². The van der Waals surface area contributed by atoms with E-state index < -0.39 is 11.8 Å². The summed E-state index contributed by atoms with van der Waals surface area (Å²) >= 11 is 0. The molecule has 5 rings (SSSR count). The van der Waals surface area contributed by atoms with E-state index in [0.29, 0.717) is 13.0 Å². The molecule has 1 amide bonds. The first-order valence-electron chi connectivity index (χ1n) is 10.6. The first kappa shape index (κ1) is 19.9. The van der Waals surface area contributed by atoms with Crippen molar-refractivity contribution in [3.8, 4) is 6.07 Å². The van der Waals surface area contributed by atoms with Crippen molar-refractivity contribution in [2.75, 3.05) is 6.54 Å². The van der Waals surface area contributed by atoms with Crippen LogP contribution in [0.25, 0.3) is 0 Å². The van der Waals surface area contributed by atoms with E-state index in [-0.39, 0.29) is 35.5 Å². The molecule has 4 fully saturated rings. The molecular weight excluding hydrogens is 371 g/mol. The fourth-order valence-electron chi connectivity index (χ4n) is 5.98. The van der Waals surface area contributed by atoms with Crippen LogP contribution in [0.15, 0.2) is 18.2 Å². The number of carbonyl (C=O) groups is 2. The summed E-state index contributed by atoms with van der Waals surface area (Å²) in [5, 5.41) is 11.8. The average Bonchev–Trinajstić information content (AvgIpc) is 2.69. The number of amides is 1. The van der Waals surface area contributed by atoms with Crippen LogP contribution in [0.3, 0.4) is 0 Å². The molecule has 5 nitrogen and oxygen atoms in total. The molecule has 6 heteroatoms. The molecule has 4 aliphatic carbocycles. The molecule has 0 saturated heterocycles. The summed E-state index contributed by atoms with van der Waals surface area (Å²) < 4.78 is 18.9. The minimum atomic E-state index is -0.556. The normalized spacial score (nSPS) is 29.3. The molecular formula is C23H27FN2O3. The van der Waals surface area contributed by atoms with Gasteiger partial charge in [0.2, 0.25) is 5.91 Å². The van der Waals surface area contributed by atoms with Crippen LogP contribution in [0.5, 0.6) is 0 Å². The van der Waals surface area contributed by atoms with Gasteiger partial charge in [0, 0.05) is 23.9 Å². The quantitative estimate of drug-likeness (QED) is 0.559. The fourth-order valence-corrected chi connectivity index (χ4v) is 5.98. The number of nitrogens with zero attached hydrogens (tertiary/aromatic N) is 1. The summed E-state index contributed by atoms with van der Waals surface area (Å²) in [6, 6.07) is 5.93. The van der Waals surface area contributed by atoms with Crippen LogP contribution in [0.1, 0.15) is 62.5 Å². The van der Waals surface area contributed by atoms with E-state index in [2.05, 4.69) is 5.32 Å². The Balaban J connectivity index is 1.18. The molecule has 0 spiro atoms. The molecule has 4 bridgehead atoms. The van der Waals surface area contributed by atoms with E-state index in [1.807, 2.05) is 6.07 Å². The molecule has 1 aromatic rings. The number of benzene rings is 1. The lowest BCUT2D eigenvalue weighted by molar-refractivity contribution is -0.147. The van der Waals surface area contributed by atoms with Gasteiger partial charge in [-0.2, -0.15) is 5.26 Å². The fraction of sp³-hybridized carbons (Fsp3) is 0.609. The van der Waals surface area contributed by atoms with Gasteiger partial charge in [0.25, 0.3) is 0 Å². The smallest absolute Gasteiger partial charge is 0.306 e. The molecule has 0 radical (unpaired) electrons. The van der Waals surface area contributed by atoms with E-state index in [0.717, 1.165) is 43.1 Å². The summed E-state index contributed by atoms with van der Waals surface area (Å²) in [6.07, 6.45) is 7.69. The lowest BCUT2D eigenvalue weighted by Gasteiger charge is -2.55. The molecule has 4 aliphatic rings. The highest BCUT2D eigenvalue weighted by atomic mass is 19.1. The van der Waals surface area contributed by atoms with Gasteiger partial charge in [0.1, 0.15) is 12.4 Å². The largest absolute Gasteiger partial charge is 0.461 e. The topological polar surface area (TPSA) is 79.2 Å². The standard InChI is InChI=1S/C23H27FN2O3/c24-20-9-15(13-25)3-4-19(20)14-29-21(27)2-1-5-26-22(28)23-10-16-6-17(11-23)8-18(7-16)12-23/h3-4,9,16-18H,1-2,5-8,10-12,14H2,(H,26,28). The van der Waals surface area contributed by atoms with Crippen molar-refractivity contribution in [1.29, 1.82) is 5.26 Å². The van der Waals surface area contributed by atoms with Gasteiger partial charge in [-0.15, -0.1) is 0 Å². The zero-order chi connectivity index (χ0) is 20.4. The predicted octanol–water partition coefficient (Wildman–Crippen LogP) is 3.85. The van der Waals surface area contributed by atoms with Crippen molar-refractivity contribution >= 4 is 11.9 Å². The summed E-state index contributed by atoms with van der Waals surface area (Å²) in [4.78, 5) is 24.8. The van der Waals surface area contributed by atoms with Crippen LogP contribution in [0, 0.1) is 40.3 Å². The van der Waals surface area contributed by atoms with Gasteiger partial charge >= 0.3 is 5.97 Å². The van der Waals surface area contributed by atoms with E-state index >= 15 is 0 Å². The zero-order valence-electron chi connectivity index (χ0n) is 16.6. The first-order chi connectivity index (χ1) is 14.0. The maximum absolute atomic E-state index is 13.8. The van der Waals surface area contributed by atoms with Gasteiger partial charge in [0.05, 0.1) is 11.6 Å². The number of nitriles is 1. The van der Waals surface area contributed by atoms with E-state index in [1.165, 1.54) is 31.4 Å². The van der Waals surface area contributed by atoms with Crippen molar-refractivity contribution in [3.63, 3.8) is 0 Å². The Bertz CT molecular complexity index is 810. The van der Waals surface area contributed by atoms with Crippen molar-refractivity contribution in [2.45, 2.75) is 58.0 Å². The maximum atomic E-state index is 13.8. The van der Waals surface area contributed by atoms with Crippen molar-refractivity contribution in [3.05, 3.63) is 35.1 Å². The number of carbonyl (C=O) groups excluding carboxylic acids is 2. The van der Waals surface area contributed by atoms with Gasteiger partial charge < -0.3 is 10.1 Å². The average molecular weight is 398 g/mol. The zero-order valence-corrected chi connectivity index (χ0v) is 16.6. The first-order valence-corrected chi connectivity index (χ1v) is 10.6. The monoisotopic (exact) mass is 398 g/mol. The van der Waals surface area contributed by atoms with Gasteiger partial charge in [-0.05, 0) is 74.8 Å². The number of halogens is 1. The molecule has 0 aromatic heterocycles. The third-order valence-electron chi connectivity index (χ3n) is 6.93. The minimum Gasteiger partial charge on any atom is -0.461 e. The van der Waals surface area contributed by atoms with Crippen molar-refractivity contribution < 1.29 is 18.7 Å². The van der Waals surface area contributed by atoms with Gasteiger partial charge in [0.15, 0.2) is 0 Å². The van der Waals surface area contributed by atoms with Crippen LogP contribution in [0.4, 0.5) is 4.39 Å². The number of esters is 1. The molecule has 0 atom stereocenters. The number of ether oxygens (including phenoxy) is 1. The Morgan fingerprint density at radius 2 is 1.83 bits per heavy atom. The maximum Gasteiger partial charge on any atom is 0.306 e. The summed E-state index contributed by atoms with van der Waals surface area (Å²) in [6.45, 7) is 0.303. The van der Waals surface area contributed by atoms with Crippen molar-refractivity contribution in [1.82, 2.24) is 5.32 Å². The molecule has 1 N–H and O–H groups in total. The number of rotatable bonds is 7. The number of hydrogen-bond acceptors (Lipinski definition) is 4. The molecule has 4 saturated carbocycles. The minimum absolute atomic E-state index is 0.157. The Kier molecular flexibility index (Phi) is 5.58. The van der Waals surface area contributed by atoms with Crippen LogP contribution in [-0.4, -0.2) is 18.4 Å². The summed E-state index contributed by atoms with van der Waals surface area (Å²) in [5.41, 5.74) is 0.308. The molecule has 1 aromatic carbocycles. The van der Waals surface area contributed by atoms with Crippen LogP contribution in [0.2, 0.25) is 0 Å². The third-order valence-corrected chi connectivity index (χ3v) is 6.93. The molecule has 0 heterocycles. The summed E-state index contributed by atoms with van der Waals surface area (Å²) in [7, 11) is 0. The molecule has 154 valence electrons. The molecule has 0 unspecified atom stereocenters. The predicted molar refractivity (Wildman–Crippen MR) is 104 cm³/mol. The third kappa shape index (κ3) is 4.29. The molecule has 29 heavy (non-hydrogen) atoms.